The first kappa shape index (κ1) is 21.4. The van der Waals surface area contributed by atoms with Crippen LogP contribution in [-0.2, 0) is 5.41 Å². The molecule has 0 aliphatic heterocycles. The molecule has 1 atom stereocenters. The zero-order valence-corrected chi connectivity index (χ0v) is 16.9. The molecule has 0 heterocycles. The van der Waals surface area contributed by atoms with Crippen molar-refractivity contribution in [2.45, 2.75) is 18.8 Å². The summed E-state index contributed by atoms with van der Waals surface area (Å²) >= 11 is 0. The van der Waals surface area contributed by atoms with Crippen molar-refractivity contribution in [2.24, 2.45) is 0 Å². The molecule has 0 fully saturated rings. The van der Waals surface area contributed by atoms with Crippen molar-refractivity contribution in [3.63, 3.8) is 0 Å². The smallest absolute Gasteiger partial charge is 0.445 e. The van der Waals surface area contributed by atoms with Gasteiger partial charge in [-0.1, -0.05) is 67.6 Å². The standard InChI is InChI=1S/C18H17BF3O.K/c1-3-18(14(2)19(20,21)22,16-12-8-5-9-13-16)17(23)15-10-6-4-7-11-15;/h4-13H,2-3H2,1H3;/q-1;+1/t18-;/m1./s1. The van der Waals surface area contributed by atoms with Crippen LogP contribution in [0.4, 0.5) is 12.9 Å². The summed E-state index contributed by atoms with van der Waals surface area (Å²) in [6.45, 7) is -0.498. The molecule has 0 unspecified atom stereocenters. The van der Waals surface area contributed by atoms with Gasteiger partial charge in [-0.2, -0.15) is 0 Å². The molecular weight excluding hydrogens is 339 g/mol. The maximum absolute atomic E-state index is 13.5. The fourth-order valence-corrected chi connectivity index (χ4v) is 2.89. The summed E-state index contributed by atoms with van der Waals surface area (Å²) in [5, 5.41) is 0. The van der Waals surface area contributed by atoms with Crippen LogP contribution >= 0.6 is 0 Å². The summed E-state index contributed by atoms with van der Waals surface area (Å²) < 4.78 is 40.5. The summed E-state index contributed by atoms with van der Waals surface area (Å²) in [4.78, 5) is 13.0. The number of hydrogen-bond acceptors (Lipinski definition) is 1. The van der Waals surface area contributed by atoms with Gasteiger partial charge in [0.25, 0.3) is 0 Å². The molecular formula is C18H17BF3KO. The Morgan fingerprint density at radius 1 is 1.00 bits per heavy atom. The maximum Gasteiger partial charge on any atom is 1.00 e. The Labute approximate surface area is 182 Å². The van der Waals surface area contributed by atoms with E-state index in [2.05, 4.69) is 6.58 Å². The molecule has 0 bridgehead atoms. The summed E-state index contributed by atoms with van der Waals surface area (Å²) in [5.74, 6) is -0.573. The molecule has 0 saturated carbocycles. The largest absolute Gasteiger partial charge is 1.00 e. The number of benzene rings is 2. The first-order valence-electron chi connectivity index (χ1n) is 7.38. The number of halogens is 3. The number of ketones is 1. The van der Waals surface area contributed by atoms with Gasteiger partial charge in [-0.25, -0.2) is 0 Å². The third kappa shape index (κ3) is 4.11. The van der Waals surface area contributed by atoms with Crippen LogP contribution in [0.5, 0.6) is 0 Å². The van der Waals surface area contributed by atoms with E-state index in [1.807, 2.05) is 0 Å². The summed E-state index contributed by atoms with van der Waals surface area (Å²) in [6.07, 6.45) is -0.00909. The van der Waals surface area contributed by atoms with Crippen molar-refractivity contribution < 1.29 is 69.1 Å². The monoisotopic (exact) mass is 356 g/mol. The van der Waals surface area contributed by atoms with Gasteiger partial charge < -0.3 is 12.9 Å². The molecule has 0 radical (unpaired) electrons. The minimum atomic E-state index is -5.36. The molecule has 1 nitrogen and oxygen atoms in total. The van der Waals surface area contributed by atoms with Gasteiger partial charge >= 0.3 is 58.4 Å². The molecule has 0 amide bonds. The molecule has 2 aromatic rings. The van der Waals surface area contributed by atoms with E-state index in [0.29, 0.717) is 5.56 Å². The zero-order chi connectivity index (χ0) is 17.1. The number of allylic oxidation sites excluding steroid dienone is 1. The van der Waals surface area contributed by atoms with Crippen LogP contribution in [0.3, 0.4) is 0 Å². The Kier molecular flexibility index (Phi) is 7.69. The summed E-state index contributed by atoms with van der Waals surface area (Å²) in [6, 6.07) is 16.1. The second-order valence-corrected chi connectivity index (χ2v) is 5.42. The van der Waals surface area contributed by atoms with Gasteiger partial charge in [0, 0.05) is 5.56 Å². The third-order valence-corrected chi connectivity index (χ3v) is 4.16. The number of hydrogen-bond donors (Lipinski definition) is 0. The van der Waals surface area contributed by atoms with E-state index in [-0.39, 0.29) is 63.4 Å². The van der Waals surface area contributed by atoms with Crippen LogP contribution in [-0.4, -0.2) is 12.8 Å². The maximum atomic E-state index is 13.5. The number of Topliss-reactive ketones (excluding diaryl/α,β-unsaturated/α-hetero) is 1. The molecule has 6 heteroatoms. The third-order valence-electron chi connectivity index (χ3n) is 4.16. The van der Waals surface area contributed by atoms with E-state index in [4.69, 9.17) is 0 Å². The van der Waals surface area contributed by atoms with Crippen LogP contribution in [0.25, 0.3) is 0 Å². The molecule has 24 heavy (non-hydrogen) atoms. The minimum Gasteiger partial charge on any atom is -0.445 e. The summed E-state index contributed by atoms with van der Waals surface area (Å²) in [5.41, 5.74) is -2.19. The predicted molar refractivity (Wildman–Crippen MR) is 87.4 cm³/mol. The average Bonchev–Trinajstić information content (AvgIpc) is 2.56. The molecule has 0 aromatic heterocycles. The van der Waals surface area contributed by atoms with E-state index >= 15 is 0 Å². The van der Waals surface area contributed by atoms with Gasteiger partial charge in [0.05, 0.1) is 5.41 Å². The molecule has 120 valence electrons. The van der Waals surface area contributed by atoms with Crippen LogP contribution in [0.15, 0.2) is 72.7 Å². The topological polar surface area (TPSA) is 17.1 Å². The summed E-state index contributed by atoms with van der Waals surface area (Å²) in [7, 11) is 0. The molecule has 0 spiro atoms. The quantitative estimate of drug-likeness (QED) is 0.573. The first-order valence-corrected chi connectivity index (χ1v) is 7.38. The van der Waals surface area contributed by atoms with Crippen molar-refractivity contribution in [3.8, 4) is 0 Å². The Balaban J connectivity index is 0.00000288. The Morgan fingerprint density at radius 3 is 1.88 bits per heavy atom. The second kappa shape index (κ2) is 8.63. The molecule has 0 N–H and O–H groups in total. The van der Waals surface area contributed by atoms with Crippen LogP contribution < -0.4 is 51.4 Å². The fraction of sp³-hybridized carbons (Fsp3) is 0.167. The number of carbonyl (C=O) groups excluding carboxylic acids is 1. The van der Waals surface area contributed by atoms with Gasteiger partial charge in [0.1, 0.15) is 0 Å². The molecule has 0 saturated heterocycles. The van der Waals surface area contributed by atoms with Crippen molar-refractivity contribution in [1.29, 1.82) is 0 Å². The molecule has 0 aliphatic carbocycles. The van der Waals surface area contributed by atoms with E-state index in [1.165, 1.54) is 12.1 Å². The normalized spacial score (nSPS) is 13.5. The number of rotatable bonds is 6. The fourth-order valence-electron chi connectivity index (χ4n) is 2.89. The van der Waals surface area contributed by atoms with Gasteiger partial charge in [0.2, 0.25) is 0 Å². The molecule has 2 rings (SSSR count). The Bertz CT molecular complexity index is 701. The molecule has 2 aromatic carbocycles. The van der Waals surface area contributed by atoms with Gasteiger partial charge in [0.15, 0.2) is 5.78 Å². The van der Waals surface area contributed by atoms with Crippen molar-refractivity contribution in [1.82, 2.24) is 0 Å². The van der Waals surface area contributed by atoms with Crippen molar-refractivity contribution >= 4 is 12.8 Å². The van der Waals surface area contributed by atoms with E-state index in [1.54, 1.807) is 55.5 Å². The molecule has 0 aliphatic rings. The number of carbonyl (C=O) groups is 1. The first-order chi connectivity index (χ1) is 10.8. The van der Waals surface area contributed by atoms with Crippen molar-refractivity contribution in [2.75, 3.05) is 0 Å². The Morgan fingerprint density at radius 2 is 1.46 bits per heavy atom. The minimum absolute atomic E-state index is 0. The Hall–Kier alpha value is -0.659. The van der Waals surface area contributed by atoms with Gasteiger partial charge in [-0.05, 0) is 12.0 Å². The van der Waals surface area contributed by atoms with E-state index in [0.717, 1.165) is 0 Å². The second-order valence-electron chi connectivity index (χ2n) is 5.42. The van der Waals surface area contributed by atoms with Crippen LogP contribution in [0.1, 0.15) is 29.3 Å². The zero-order valence-electron chi connectivity index (χ0n) is 13.8. The van der Waals surface area contributed by atoms with E-state index < -0.39 is 23.6 Å². The van der Waals surface area contributed by atoms with Gasteiger partial charge in [-0.15, -0.1) is 12.1 Å². The van der Waals surface area contributed by atoms with Crippen LogP contribution in [0.2, 0.25) is 0 Å². The van der Waals surface area contributed by atoms with Crippen molar-refractivity contribution in [3.05, 3.63) is 83.8 Å². The average molecular weight is 356 g/mol. The van der Waals surface area contributed by atoms with E-state index in [9.17, 15) is 17.7 Å². The van der Waals surface area contributed by atoms with Gasteiger partial charge in [-0.3, -0.25) is 4.79 Å². The predicted octanol–water partition coefficient (Wildman–Crippen LogP) is 2.16. The van der Waals surface area contributed by atoms with Crippen LogP contribution in [0, 0.1) is 0 Å². The SMILES string of the molecule is C=C([B-](F)(F)F)[C@@](CC)(C(=O)c1ccccc1)c1ccccc1.[K+].